The fourth-order valence-corrected chi connectivity index (χ4v) is 5.48. The molecule has 0 aliphatic rings. The van der Waals surface area contributed by atoms with E-state index in [4.69, 9.17) is 37.8 Å². The van der Waals surface area contributed by atoms with Crippen molar-refractivity contribution in [2.75, 3.05) is 7.11 Å². The normalized spacial score (nSPS) is 11.5. The van der Waals surface area contributed by atoms with E-state index in [-0.39, 0.29) is 23.5 Å². The molecule has 176 valence electrons. The Bertz CT molecular complexity index is 1480. The number of carboxylic acid groups (broad SMARTS) is 1. The van der Waals surface area contributed by atoms with Gasteiger partial charge in [-0.05, 0) is 60.5 Å². The van der Waals surface area contributed by atoms with Gasteiger partial charge in [-0.25, -0.2) is 12.4 Å². The molecular weight excluding hydrogens is 501 g/mol. The molecule has 0 saturated carbocycles. The van der Waals surface area contributed by atoms with Crippen LogP contribution in [0.25, 0.3) is 10.9 Å². The van der Waals surface area contributed by atoms with Crippen molar-refractivity contribution in [3.63, 3.8) is 0 Å². The first kappa shape index (κ1) is 23.9. The second-order valence-electron chi connectivity index (χ2n) is 7.41. The molecule has 0 radical (unpaired) electrons. The summed E-state index contributed by atoms with van der Waals surface area (Å²) in [6.07, 6.45) is 1.48. The largest absolute Gasteiger partial charge is 0.497 e. The van der Waals surface area contributed by atoms with Gasteiger partial charge in [0, 0.05) is 34.1 Å². The summed E-state index contributed by atoms with van der Waals surface area (Å²) in [6.45, 7) is 0. The highest BCUT2D eigenvalue weighted by atomic mass is 35.5. The van der Waals surface area contributed by atoms with Crippen molar-refractivity contribution >= 4 is 50.1 Å². The Kier molecular flexibility index (Phi) is 6.74. The Hall–Kier alpha value is -3.20. The van der Waals surface area contributed by atoms with Crippen molar-refractivity contribution < 1.29 is 27.8 Å². The summed E-state index contributed by atoms with van der Waals surface area (Å²) in [6, 6.07) is 15.7. The van der Waals surface area contributed by atoms with Crippen LogP contribution in [0.5, 0.6) is 17.2 Å². The molecule has 0 aliphatic carbocycles. The van der Waals surface area contributed by atoms with E-state index in [1.165, 1.54) is 25.4 Å². The first-order chi connectivity index (χ1) is 16.2. The average molecular weight is 520 g/mol. The molecule has 3 aromatic carbocycles. The van der Waals surface area contributed by atoms with E-state index in [0.29, 0.717) is 38.0 Å². The molecule has 1 heterocycles. The summed E-state index contributed by atoms with van der Waals surface area (Å²) in [5, 5.41) is 10.5. The Labute approximate surface area is 206 Å². The van der Waals surface area contributed by atoms with Gasteiger partial charge in [-0.1, -0.05) is 29.3 Å². The van der Waals surface area contributed by atoms with E-state index in [9.17, 15) is 13.2 Å². The molecule has 34 heavy (non-hydrogen) atoms. The number of aliphatic carboxylic acids is 1. The molecule has 0 amide bonds. The van der Waals surface area contributed by atoms with Crippen LogP contribution < -0.4 is 9.47 Å². The van der Waals surface area contributed by atoms with Crippen molar-refractivity contribution in [3.05, 3.63) is 82.5 Å². The lowest BCUT2D eigenvalue weighted by Gasteiger charge is -2.11. The number of halogens is 2. The van der Waals surface area contributed by atoms with E-state index >= 15 is 0 Å². The number of aryl methyl sites for hydroxylation is 1. The van der Waals surface area contributed by atoms with Gasteiger partial charge in [0.25, 0.3) is 10.0 Å². The number of fused-ring (bicyclic) bond motifs is 1. The predicted molar refractivity (Wildman–Crippen MR) is 130 cm³/mol. The minimum Gasteiger partial charge on any atom is -0.497 e. The molecule has 0 spiro atoms. The van der Waals surface area contributed by atoms with Gasteiger partial charge in [0.15, 0.2) is 0 Å². The zero-order valence-corrected chi connectivity index (χ0v) is 20.2. The second-order valence-corrected chi connectivity index (χ2v) is 10.1. The van der Waals surface area contributed by atoms with Crippen LogP contribution >= 0.6 is 23.2 Å². The maximum Gasteiger partial charge on any atom is 0.303 e. The van der Waals surface area contributed by atoms with Crippen LogP contribution in [0, 0.1) is 0 Å². The Balaban J connectivity index is 1.76. The van der Waals surface area contributed by atoms with Crippen molar-refractivity contribution in [1.82, 2.24) is 3.97 Å². The third-order valence-corrected chi connectivity index (χ3v) is 7.21. The van der Waals surface area contributed by atoms with Gasteiger partial charge in [-0.3, -0.25) is 4.79 Å². The quantitative estimate of drug-likeness (QED) is 0.306. The number of carbonyl (C=O) groups is 1. The van der Waals surface area contributed by atoms with Crippen molar-refractivity contribution in [2.24, 2.45) is 0 Å². The van der Waals surface area contributed by atoms with Crippen LogP contribution in [0.1, 0.15) is 12.0 Å². The van der Waals surface area contributed by atoms with Gasteiger partial charge in [0.2, 0.25) is 0 Å². The molecule has 7 nitrogen and oxygen atoms in total. The molecule has 1 N–H and O–H groups in total. The Morgan fingerprint density at radius 3 is 2.38 bits per heavy atom. The molecule has 1 aromatic heterocycles. The molecule has 4 aromatic rings. The number of ether oxygens (including phenoxy) is 2. The van der Waals surface area contributed by atoms with E-state index in [1.807, 2.05) is 0 Å². The highest BCUT2D eigenvalue weighted by molar-refractivity contribution is 7.90. The zero-order chi connectivity index (χ0) is 24.5. The number of carboxylic acids is 1. The lowest BCUT2D eigenvalue weighted by molar-refractivity contribution is -0.136. The molecule has 0 fully saturated rings. The molecular formula is C24H19Cl2NO6S. The van der Waals surface area contributed by atoms with Gasteiger partial charge in [-0.2, -0.15) is 0 Å². The molecule has 0 bridgehead atoms. The van der Waals surface area contributed by atoms with Crippen LogP contribution in [0.4, 0.5) is 0 Å². The SMILES string of the molecule is COc1ccc2c(c1)c(CCC(=O)O)cn2S(=O)(=O)c1cccc(Oc2cc(Cl)cc(Cl)c2)c1. The van der Waals surface area contributed by atoms with Crippen LogP contribution in [-0.2, 0) is 21.2 Å². The topological polar surface area (TPSA) is 94.8 Å². The van der Waals surface area contributed by atoms with E-state index in [0.717, 1.165) is 3.97 Å². The van der Waals surface area contributed by atoms with Crippen molar-refractivity contribution in [2.45, 2.75) is 17.7 Å². The molecule has 0 atom stereocenters. The molecule has 0 saturated heterocycles. The van der Waals surface area contributed by atoms with Gasteiger partial charge in [-0.15, -0.1) is 0 Å². The fraction of sp³-hybridized carbons (Fsp3) is 0.125. The summed E-state index contributed by atoms with van der Waals surface area (Å²) in [5.41, 5.74) is 0.995. The number of aromatic nitrogens is 1. The second kappa shape index (κ2) is 9.58. The summed E-state index contributed by atoms with van der Waals surface area (Å²) in [5.74, 6) is 0.206. The van der Waals surface area contributed by atoms with Gasteiger partial charge in [0.05, 0.1) is 17.5 Å². The predicted octanol–water partition coefficient (Wildman–Crippen LogP) is 6.00. The molecule has 0 unspecified atom stereocenters. The first-order valence-electron chi connectivity index (χ1n) is 10.1. The zero-order valence-electron chi connectivity index (χ0n) is 17.9. The molecule has 4 rings (SSSR count). The first-order valence-corrected chi connectivity index (χ1v) is 12.3. The number of hydrogen-bond acceptors (Lipinski definition) is 5. The lowest BCUT2D eigenvalue weighted by Crippen LogP contribution is -2.12. The molecule has 0 aliphatic heterocycles. The van der Waals surface area contributed by atoms with Crippen LogP contribution in [0.2, 0.25) is 10.0 Å². The summed E-state index contributed by atoms with van der Waals surface area (Å²) in [7, 11) is -2.53. The third kappa shape index (κ3) is 4.99. The number of benzene rings is 3. The van der Waals surface area contributed by atoms with Gasteiger partial charge >= 0.3 is 5.97 Å². The van der Waals surface area contributed by atoms with Crippen LogP contribution in [0.15, 0.2) is 71.8 Å². The van der Waals surface area contributed by atoms with Gasteiger partial charge < -0.3 is 14.6 Å². The van der Waals surface area contributed by atoms with E-state index in [1.54, 1.807) is 48.5 Å². The maximum absolute atomic E-state index is 13.6. The fourth-order valence-electron chi connectivity index (χ4n) is 3.55. The average Bonchev–Trinajstić information content (AvgIpc) is 3.15. The van der Waals surface area contributed by atoms with E-state index < -0.39 is 16.0 Å². The number of nitrogens with zero attached hydrogens (tertiary/aromatic N) is 1. The third-order valence-electron chi connectivity index (χ3n) is 5.10. The van der Waals surface area contributed by atoms with Crippen LogP contribution in [-0.4, -0.2) is 30.6 Å². The number of rotatable bonds is 8. The highest BCUT2D eigenvalue weighted by Crippen LogP contribution is 2.32. The van der Waals surface area contributed by atoms with Crippen LogP contribution in [0.3, 0.4) is 0 Å². The Morgan fingerprint density at radius 2 is 1.71 bits per heavy atom. The smallest absolute Gasteiger partial charge is 0.303 e. The minimum absolute atomic E-state index is 0.00405. The lowest BCUT2D eigenvalue weighted by atomic mass is 10.1. The summed E-state index contributed by atoms with van der Waals surface area (Å²) >= 11 is 12.0. The summed E-state index contributed by atoms with van der Waals surface area (Å²) < 4.78 is 39.4. The van der Waals surface area contributed by atoms with Crippen molar-refractivity contribution in [3.8, 4) is 17.2 Å². The van der Waals surface area contributed by atoms with E-state index in [2.05, 4.69) is 0 Å². The number of methoxy groups -OCH3 is 1. The Morgan fingerprint density at radius 1 is 0.971 bits per heavy atom. The van der Waals surface area contributed by atoms with Crippen molar-refractivity contribution in [1.29, 1.82) is 0 Å². The minimum atomic E-state index is -4.04. The maximum atomic E-state index is 13.6. The standard InChI is InChI=1S/C24H19Cl2NO6S/c1-32-18-6-7-23-22(13-18)15(5-8-24(28)29)14-27(23)34(30,31)21-4-2-3-19(12-21)33-20-10-16(25)9-17(26)11-20/h2-4,6-7,9-14H,5,8H2,1H3,(H,28,29). The highest BCUT2D eigenvalue weighted by Gasteiger charge is 2.22. The van der Waals surface area contributed by atoms with Gasteiger partial charge in [0.1, 0.15) is 17.2 Å². The monoisotopic (exact) mass is 519 g/mol. The summed E-state index contributed by atoms with van der Waals surface area (Å²) in [4.78, 5) is 11.1. The number of hydrogen-bond donors (Lipinski definition) is 1. The molecule has 10 heteroatoms.